The minimum Gasteiger partial charge on any atom is -0.283 e. The lowest BCUT2D eigenvalue weighted by molar-refractivity contribution is -0.128. The quantitative estimate of drug-likeness (QED) is 0.579. The number of carbonyl (C=O) groups excluding carboxylic acids is 1. The molecule has 0 bridgehead atoms. The van der Waals surface area contributed by atoms with Crippen molar-refractivity contribution in [3.8, 4) is 0 Å². The van der Waals surface area contributed by atoms with Crippen molar-refractivity contribution >= 4 is 40.0 Å². The summed E-state index contributed by atoms with van der Waals surface area (Å²) >= 11 is 6.90. The summed E-state index contributed by atoms with van der Waals surface area (Å²) < 4.78 is 0. The molecule has 3 aliphatic rings. The van der Waals surface area contributed by atoms with Crippen molar-refractivity contribution in [2.75, 3.05) is 6.54 Å². The molecule has 0 saturated carbocycles. The largest absolute Gasteiger partial charge is 0.283 e. The van der Waals surface area contributed by atoms with Gasteiger partial charge < -0.3 is 0 Å². The summed E-state index contributed by atoms with van der Waals surface area (Å²) in [5.41, 5.74) is 1.30. The molecule has 100 valence electrons. The second-order valence-electron chi connectivity index (χ2n) is 5.30. The minimum atomic E-state index is -0.158. The first-order valence-electron chi connectivity index (χ1n) is 6.56. The van der Waals surface area contributed by atoms with E-state index in [1.54, 1.807) is 22.7 Å². The van der Waals surface area contributed by atoms with Crippen LogP contribution in [-0.2, 0) is 4.79 Å². The molecule has 0 fully saturated rings. The molecule has 2 aliphatic heterocycles. The number of allylic oxidation sites excluding steroid dienone is 1. The van der Waals surface area contributed by atoms with E-state index in [2.05, 4.69) is 18.5 Å². The average molecular weight is 292 g/mol. The van der Waals surface area contributed by atoms with Gasteiger partial charge in [0.05, 0.1) is 5.04 Å². The van der Waals surface area contributed by atoms with Crippen LogP contribution in [0.2, 0.25) is 0 Å². The monoisotopic (exact) mass is 292 g/mol. The topological polar surface area (TPSA) is 32.7 Å². The fourth-order valence-electron chi connectivity index (χ4n) is 2.90. The number of aliphatic imine (C=N–C) groups is 1. The summed E-state index contributed by atoms with van der Waals surface area (Å²) in [5, 5.41) is 1.28. The second-order valence-corrected chi connectivity index (χ2v) is 6.78. The number of nitrogens with zero attached hydrogens (tertiary/aromatic N) is 2. The lowest BCUT2D eigenvalue weighted by Gasteiger charge is -2.30. The number of hydrogen-bond donors (Lipinski definition) is 0. The minimum absolute atomic E-state index is 0.0847. The Morgan fingerprint density at radius 1 is 1.63 bits per heavy atom. The highest BCUT2D eigenvalue weighted by atomic mass is 32.2. The number of hydrogen-bond acceptors (Lipinski definition) is 3. The van der Waals surface area contributed by atoms with Crippen LogP contribution >= 0.6 is 24.0 Å². The molecule has 1 amide bonds. The fourth-order valence-corrected chi connectivity index (χ4v) is 4.52. The Labute approximate surface area is 122 Å². The molecule has 0 aromatic rings. The predicted octanol–water partition coefficient (Wildman–Crippen LogP) is 3.14. The summed E-state index contributed by atoms with van der Waals surface area (Å²) in [6.45, 7) is 6.39. The van der Waals surface area contributed by atoms with Crippen molar-refractivity contribution in [3.05, 3.63) is 23.1 Å². The van der Waals surface area contributed by atoms with Crippen molar-refractivity contribution < 1.29 is 4.79 Å². The molecular formula is C14H16N2OS2. The number of rotatable bonds is 2. The van der Waals surface area contributed by atoms with Gasteiger partial charge in [-0.05, 0) is 47.9 Å². The normalized spacial score (nSPS) is 30.2. The third-order valence-corrected chi connectivity index (χ3v) is 5.44. The van der Waals surface area contributed by atoms with Crippen LogP contribution in [0.15, 0.2) is 28.1 Å². The summed E-state index contributed by atoms with van der Waals surface area (Å²) in [6, 6.07) is 0. The average Bonchev–Trinajstić information content (AvgIpc) is 2.71. The highest BCUT2D eigenvalue weighted by molar-refractivity contribution is 8.17. The maximum Gasteiger partial charge on any atom is 0.242 e. The molecule has 2 unspecified atom stereocenters. The summed E-state index contributed by atoms with van der Waals surface area (Å²) in [7, 11) is 0. The molecule has 3 nitrogen and oxygen atoms in total. The zero-order valence-corrected chi connectivity index (χ0v) is 12.5. The molecule has 1 aliphatic carbocycles. The van der Waals surface area contributed by atoms with Crippen molar-refractivity contribution in [1.82, 2.24) is 4.90 Å². The maximum absolute atomic E-state index is 12.6. The Balaban J connectivity index is 1.97. The molecule has 0 aromatic heterocycles. The number of carbonyl (C=O) groups is 1. The number of thioether (sulfide) groups is 1. The van der Waals surface area contributed by atoms with Gasteiger partial charge >= 0.3 is 0 Å². The zero-order valence-electron chi connectivity index (χ0n) is 10.9. The molecule has 2 atom stereocenters. The first-order valence-corrected chi connectivity index (χ1v) is 7.79. The predicted molar refractivity (Wildman–Crippen MR) is 83.1 cm³/mol. The van der Waals surface area contributed by atoms with E-state index in [-0.39, 0.29) is 11.8 Å². The van der Waals surface area contributed by atoms with E-state index >= 15 is 0 Å². The fraction of sp³-hybridized carbons (Fsp3) is 0.500. The van der Waals surface area contributed by atoms with Crippen LogP contribution < -0.4 is 0 Å². The Hall–Kier alpha value is -0.940. The van der Waals surface area contributed by atoms with Crippen molar-refractivity contribution in [2.45, 2.75) is 26.2 Å². The Morgan fingerprint density at radius 2 is 2.42 bits per heavy atom. The van der Waals surface area contributed by atoms with Gasteiger partial charge in [-0.1, -0.05) is 24.8 Å². The molecule has 0 radical (unpaired) electrons. The molecular weight excluding hydrogens is 276 g/mol. The third-order valence-electron chi connectivity index (χ3n) is 3.88. The van der Waals surface area contributed by atoms with Gasteiger partial charge in [-0.15, -0.1) is 6.58 Å². The third kappa shape index (κ3) is 2.09. The summed E-state index contributed by atoms with van der Waals surface area (Å²) in [6.07, 6.45) is 5.01. The molecule has 0 aromatic carbocycles. The van der Waals surface area contributed by atoms with Crippen LogP contribution in [0.25, 0.3) is 0 Å². The summed E-state index contributed by atoms with van der Waals surface area (Å²) in [4.78, 5) is 20.0. The van der Waals surface area contributed by atoms with E-state index in [1.807, 2.05) is 0 Å². The molecule has 5 heteroatoms. The number of fused-ring (bicyclic) bond motifs is 2. The van der Waals surface area contributed by atoms with E-state index in [1.165, 1.54) is 16.9 Å². The standard InChI is InChI=1S/C14H16N2OS2/c1-3-6-16-13(17)11-9-7-8(2)4-5-10(9)19-12(11)15-14(16)18/h3,8,11H,1,4-7H2,2H3. The Morgan fingerprint density at radius 3 is 3.16 bits per heavy atom. The molecule has 2 heterocycles. The maximum atomic E-state index is 12.6. The van der Waals surface area contributed by atoms with Crippen LogP contribution in [0, 0.1) is 11.8 Å². The van der Waals surface area contributed by atoms with E-state index in [4.69, 9.17) is 12.2 Å². The van der Waals surface area contributed by atoms with E-state index in [9.17, 15) is 4.79 Å². The highest BCUT2D eigenvalue weighted by Gasteiger charge is 2.44. The van der Waals surface area contributed by atoms with Gasteiger partial charge in [0.15, 0.2) is 0 Å². The van der Waals surface area contributed by atoms with E-state index < -0.39 is 0 Å². The van der Waals surface area contributed by atoms with Crippen molar-refractivity contribution in [1.29, 1.82) is 0 Å². The molecule has 0 spiro atoms. The van der Waals surface area contributed by atoms with Gasteiger partial charge in [0.1, 0.15) is 5.92 Å². The Kier molecular flexibility index (Phi) is 3.35. The first kappa shape index (κ1) is 13.1. The van der Waals surface area contributed by atoms with Crippen molar-refractivity contribution in [2.24, 2.45) is 16.8 Å². The smallest absolute Gasteiger partial charge is 0.242 e. The highest BCUT2D eigenvalue weighted by Crippen LogP contribution is 2.49. The SMILES string of the molecule is C=CCN1C(=O)C2C(=NC1=S)SC1=C2CC(C)CC1. The molecule has 3 rings (SSSR count). The summed E-state index contributed by atoms with van der Waals surface area (Å²) in [5.74, 6) is 0.587. The van der Waals surface area contributed by atoms with Gasteiger partial charge in [-0.2, -0.15) is 0 Å². The molecule has 0 saturated heterocycles. The number of amides is 1. The van der Waals surface area contributed by atoms with Gasteiger partial charge in [0, 0.05) is 6.54 Å². The van der Waals surface area contributed by atoms with Gasteiger partial charge in [0.25, 0.3) is 0 Å². The van der Waals surface area contributed by atoms with Gasteiger partial charge in [0.2, 0.25) is 11.0 Å². The molecule has 0 N–H and O–H groups in total. The Bertz CT molecular complexity index is 536. The van der Waals surface area contributed by atoms with Crippen LogP contribution in [-0.4, -0.2) is 27.5 Å². The second kappa shape index (κ2) is 4.87. The van der Waals surface area contributed by atoms with Crippen LogP contribution in [0.4, 0.5) is 0 Å². The lowest BCUT2D eigenvalue weighted by Crippen LogP contribution is -2.45. The van der Waals surface area contributed by atoms with E-state index in [0.29, 0.717) is 17.6 Å². The van der Waals surface area contributed by atoms with Crippen LogP contribution in [0.1, 0.15) is 26.2 Å². The van der Waals surface area contributed by atoms with Gasteiger partial charge in [-0.3, -0.25) is 9.69 Å². The van der Waals surface area contributed by atoms with Crippen LogP contribution in [0.3, 0.4) is 0 Å². The van der Waals surface area contributed by atoms with E-state index in [0.717, 1.165) is 17.9 Å². The lowest BCUT2D eigenvalue weighted by atomic mass is 9.83. The molecule has 19 heavy (non-hydrogen) atoms. The van der Waals surface area contributed by atoms with Crippen molar-refractivity contribution in [3.63, 3.8) is 0 Å². The van der Waals surface area contributed by atoms with Crippen LogP contribution in [0.5, 0.6) is 0 Å². The van der Waals surface area contributed by atoms with Gasteiger partial charge in [-0.25, -0.2) is 4.99 Å². The number of thiocarbonyl (C=S) groups is 1. The first-order chi connectivity index (χ1) is 9.11. The zero-order chi connectivity index (χ0) is 13.6.